The van der Waals surface area contributed by atoms with Crippen molar-refractivity contribution in [2.45, 2.75) is 38.2 Å². The number of thioether (sulfide) groups is 1. The van der Waals surface area contributed by atoms with Crippen LogP contribution in [0.1, 0.15) is 27.7 Å². The number of alkyl carbamates (subject to hydrolysis) is 1. The van der Waals surface area contributed by atoms with E-state index in [0.717, 1.165) is 0 Å². The first kappa shape index (κ1) is 16.5. The van der Waals surface area contributed by atoms with Gasteiger partial charge < -0.3 is 19.9 Å². The molecular weight excluding hydrogens is 242 g/mol. The largest absolute Gasteiger partial charge is 0.444 e. The van der Waals surface area contributed by atoms with Gasteiger partial charge in [-0.05, 0) is 34.0 Å². The summed E-state index contributed by atoms with van der Waals surface area (Å²) in [5.74, 6) is 0. The highest BCUT2D eigenvalue weighted by Gasteiger charge is 2.18. The van der Waals surface area contributed by atoms with Gasteiger partial charge in [-0.3, -0.25) is 0 Å². The van der Waals surface area contributed by atoms with Crippen LogP contribution in [0.5, 0.6) is 0 Å². The van der Waals surface area contributed by atoms with Gasteiger partial charge in [-0.25, -0.2) is 4.79 Å². The van der Waals surface area contributed by atoms with Crippen molar-refractivity contribution in [1.29, 1.82) is 0 Å². The molecule has 0 aliphatic carbocycles. The smallest absolute Gasteiger partial charge is 0.407 e. The molecule has 6 heteroatoms. The molecule has 5 nitrogen and oxygen atoms in total. The standard InChI is InChI=1S/C11H23NO4S/c1-10(2,3)16-9(13)12-6-7-15-8-11(4,14)17-5/h14H,6-8H2,1-5H3,(H,12,13). The highest BCUT2D eigenvalue weighted by molar-refractivity contribution is 7.99. The van der Waals surface area contributed by atoms with Crippen molar-refractivity contribution in [2.24, 2.45) is 0 Å². The van der Waals surface area contributed by atoms with Gasteiger partial charge in [0.25, 0.3) is 0 Å². The summed E-state index contributed by atoms with van der Waals surface area (Å²) in [5, 5.41) is 12.2. The predicted octanol–water partition coefficient (Wildman–Crippen LogP) is 1.60. The molecule has 0 spiro atoms. The molecule has 0 aromatic heterocycles. The molecule has 0 aromatic rings. The fourth-order valence-corrected chi connectivity index (χ4v) is 1.06. The summed E-state index contributed by atoms with van der Waals surface area (Å²) in [5.41, 5.74) is -0.493. The molecule has 0 saturated heterocycles. The second-order valence-corrected chi connectivity index (χ2v) is 6.15. The fraction of sp³-hybridized carbons (Fsp3) is 0.909. The summed E-state index contributed by atoms with van der Waals surface area (Å²) >= 11 is 1.32. The van der Waals surface area contributed by atoms with Crippen molar-refractivity contribution >= 4 is 17.9 Å². The Morgan fingerprint density at radius 2 is 1.94 bits per heavy atom. The van der Waals surface area contributed by atoms with Gasteiger partial charge in [0.2, 0.25) is 0 Å². The van der Waals surface area contributed by atoms with Crippen LogP contribution < -0.4 is 5.32 Å². The first-order valence-electron chi connectivity index (χ1n) is 5.48. The fourth-order valence-electron chi connectivity index (χ4n) is 0.860. The second-order valence-electron chi connectivity index (χ2n) is 4.86. The lowest BCUT2D eigenvalue weighted by Crippen LogP contribution is -2.35. The normalized spacial score (nSPS) is 15.2. The van der Waals surface area contributed by atoms with E-state index in [2.05, 4.69) is 5.32 Å². The number of aliphatic hydroxyl groups is 1. The SMILES string of the molecule is CSC(C)(O)COCCNC(=O)OC(C)(C)C. The third kappa shape index (κ3) is 10.4. The van der Waals surface area contributed by atoms with Crippen molar-refractivity contribution < 1.29 is 19.4 Å². The third-order valence-electron chi connectivity index (χ3n) is 1.72. The molecule has 0 rings (SSSR count). The summed E-state index contributed by atoms with van der Waals surface area (Å²) in [6, 6.07) is 0. The first-order chi connectivity index (χ1) is 7.66. The zero-order valence-corrected chi connectivity index (χ0v) is 12.0. The molecule has 0 aromatic carbocycles. The molecule has 2 N–H and O–H groups in total. The van der Waals surface area contributed by atoms with Gasteiger partial charge in [0.15, 0.2) is 0 Å². The van der Waals surface area contributed by atoms with E-state index in [0.29, 0.717) is 13.2 Å². The summed E-state index contributed by atoms with van der Waals surface area (Å²) in [6.45, 7) is 8.02. The van der Waals surface area contributed by atoms with Crippen LogP contribution in [0.15, 0.2) is 0 Å². The Balaban J connectivity index is 3.56. The summed E-state index contributed by atoms with van der Waals surface area (Å²) < 4.78 is 10.3. The Hall–Kier alpha value is -0.460. The Morgan fingerprint density at radius 3 is 2.41 bits per heavy atom. The molecule has 0 aliphatic rings. The van der Waals surface area contributed by atoms with E-state index in [1.165, 1.54) is 11.8 Å². The Kier molecular flexibility index (Phi) is 6.89. The number of carbonyl (C=O) groups is 1. The molecule has 1 amide bonds. The first-order valence-corrected chi connectivity index (χ1v) is 6.71. The van der Waals surface area contributed by atoms with Crippen molar-refractivity contribution in [1.82, 2.24) is 5.32 Å². The number of amides is 1. The van der Waals surface area contributed by atoms with Gasteiger partial charge in [-0.2, -0.15) is 0 Å². The number of hydrogen-bond acceptors (Lipinski definition) is 5. The molecule has 17 heavy (non-hydrogen) atoms. The van der Waals surface area contributed by atoms with Crippen LogP contribution in [0.25, 0.3) is 0 Å². The van der Waals surface area contributed by atoms with Gasteiger partial charge >= 0.3 is 6.09 Å². The minimum absolute atomic E-state index is 0.226. The van der Waals surface area contributed by atoms with E-state index in [1.54, 1.807) is 27.7 Å². The zero-order chi connectivity index (χ0) is 13.5. The maximum atomic E-state index is 11.2. The second kappa shape index (κ2) is 7.08. The lowest BCUT2D eigenvalue weighted by atomic mass is 10.2. The van der Waals surface area contributed by atoms with Crippen molar-refractivity contribution in [3.05, 3.63) is 0 Å². The number of nitrogens with one attached hydrogen (secondary N) is 1. The zero-order valence-electron chi connectivity index (χ0n) is 11.2. The summed E-state index contributed by atoms with van der Waals surface area (Å²) in [7, 11) is 0. The molecule has 102 valence electrons. The average molecular weight is 265 g/mol. The third-order valence-corrected chi connectivity index (χ3v) is 2.72. The van der Waals surface area contributed by atoms with Crippen molar-refractivity contribution in [3.8, 4) is 0 Å². The highest BCUT2D eigenvalue weighted by atomic mass is 32.2. The molecule has 1 atom stereocenters. The van der Waals surface area contributed by atoms with E-state index in [-0.39, 0.29) is 6.61 Å². The number of carbonyl (C=O) groups excluding carboxylic acids is 1. The monoisotopic (exact) mass is 265 g/mol. The maximum Gasteiger partial charge on any atom is 0.407 e. The molecule has 0 aliphatic heterocycles. The predicted molar refractivity (Wildman–Crippen MR) is 69.2 cm³/mol. The van der Waals surface area contributed by atoms with E-state index in [9.17, 15) is 9.90 Å². The minimum atomic E-state index is -0.883. The molecule has 0 heterocycles. The van der Waals surface area contributed by atoms with Gasteiger partial charge in [-0.1, -0.05) is 0 Å². The van der Waals surface area contributed by atoms with Crippen LogP contribution >= 0.6 is 11.8 Å². The lowest BCUT2D eigenvalue weighted by Gasteiger charge is -2.21. The van der Waals surface area contributed by atoms with E-state index < -0.39 is 16.6 Å². The van der Waals surface area contributed by atoms with Crippen LogP contribution in [0, 0.1) is 0 Å². The van der Waals surface area contributed by atoms with Crippen molar-refractivity contribution in [3.63, 3.8) is 0 Å². The van der Waals surface area contributed by atoms with E-state index in [1.807, 2.05) is 6.26 Å². The number of rotatable bonds is 6. The molecule has 0 fully saturated rings. The topological polar surface area (TPSA) is 67.8 Å². The van der Waals surface area contributed by atoms with Gasteiger partial charge in [0, 0.05) is 6.54 Å². The van der Waals surface area contributed by atoms with Crippen molar-refractivity contribution in [2.75, 3.05) is 26.0 Å². The van der Waals surface area contributed by atoms with Gasteiger partial charge in [0.05, 0.1) is 13.2 Å². The Bertz CT molecular complexity index is 238. The van der Waals surface area contributed by atoms with Crippen LogP contribution in [-0.2, 0) is 9.47 Å². The van der Waals surface area contributed by atoms with E-state index >= 15 is 0 Å². The maximum absolute atomic E-state index is 11.2. The summed E-state index contributed by atoms with van der Waals surface area (Å²) in [4.78, 5) is 10.3. The molecule has 0 radical (unpaired) electrons. The Morgan fingerprint density at radius 1 is 1.35 bits per heavy atom. The number of hydrogen-bond donors (Lipinski definition) is 2. The molecular formula is C11H23NO4S. The van der Waals surface area contributed by atoms with Gasteiger partial charge in [-0.15, -0.1) is 11.8 Å². The van der Waals surface area contributed by atoms with E-state index in [4.69, 9.17) is 9.47 Å². The highest BCUT2D eigenvalue weighted by Crippen LogP contribution is 2.17. The quantitative estimate of drug-likeness (QED) is 0.564. The lowest BCUT2D eigenvalue weighted by molar-refractivity contribution is 0.0238. The van der Waals surface area contributed by atoms with Crippen LogP contribution in [0.3, 0.4) is 0 Å². The van der Waals surface area contributed by atoms with Gasteiger partial charge in [0.1, 0.15) is 10.5 Å². The van der Waals surface area contributed by atoms with Crippen LogP contribution in [-0.4, -0.2) is 47.7 Å². The van der Waals surface area contributed by atoms with Crippen LogP contribution in [0.2, 0.25) is 0 Å². The molecule has 0 saturated carbocycles. The average Bonchev–Trinajstić information content (AvgIpc) is 2.14. The molecule has 1 unspecified atom stereocenters. The number of ether oxygens (including phenoxy) is 2. The minimum Gasteiger partial charge on any atom is -0.444 e. The summed E-state index contributed by atoms with van der Waals surface area (Å²) in [6.07, 6.45) is 1.35. The Labute approximate surface area is 107 Å². The van der Waals surface area contributed by atoms with Crippen LogP contribution in [0.4, 0.5) is 4.79 Å². The molecule has 0 bridgehead atoms.